The van der Waals surface area contributed by atoms with Crippen LogP contribution in [0.15, 0.2) is 0 Å². The average molecular weight is 239 g/mol. The minimum Gasteiger partial charge on any atom is -0.301 e. The summed E-state index contributed by atoms with van der Waals surface area (Å²) in [5.74, 6) is 0.906. The van der Waals surface area contributed by atoms with Gasteiger partial charge in [0, 0.05) is 6.04 Å². The lowest BCUT2D eigenvalue weighted by Gasteiger charge is -2.44. The van der Waals surface area contributed by atoms with Gasteiger partial charge in [0.1, 0.15) is 0 Å². The zero-order valence-electron chi connectivity index (χ0n) is 12.8. The zero-order valence-corrected chi connectivity index (χ0v) is 12.8. The van der Waals surface area contributed by atoms with E-state index in [4.69, 9.17) is 0 Å². The van der Waals surface area contributed by atoms with E-state index in [9.17, 15) is 0 Å². The molecule has 0 aromatic rings. The summed E-state index contributed by atoms with van der Waals surface area (Å²) in [5, 5.41) is 0. The Morgan fingerprint density at radius 2 is 1.82 bits per heavy atom. The van der Waals surface area contributed by atoms with Gasteiger partial charge in [-0.15, -0.1) is 0 Å². The summed E-state index contributed by atoms with van der Waals surface area (Å²) >= 11 is 0. The molecule has 1 heteroatoms. The highest BCUT2D eigenvalue weighted by atomic mass is 15.1. The zero-order chi connectivity index (χ0) is 12.9. The van der Waals surface area contributed by atoms with E-state index in [-0.39, 0.29) is 0 Å². The predicted molar refractivity (Wildman–Crippen MR) is 77.4 cm³/mol. The lowest BCUT2D eigenvalue weighted by atomic mass is 9.70. The Bertz CT molecular complexity index is 210. The van der Waals surface area contributed by atoms with Crippen LogP contribution in [0.3, 0.4) is 0 Å². The Hall–Kier alpha value is -0.0400. The van der Waals surface area contributed by atoms with Crippen LogP contribution in [0.4, 0.5) is 0 Å². The lowest BCUT2D eigenvalue weighted by Crippen LogP contribution is -2.43. The molecule has 0 aromatic carbocycles. The maximum Gasteiger partial charge on any atom is 0.0103 e. The van der Waals surface area contributed by atoms with Gasteiger partial charge in [0.05, 0.1) is 0 Å². The van der Waals surface area contributed by atoms with E-state index < -0.39 is 0 Å². The van der Waals surface area contributed by atoms with Crippen LogP contribution in [-0.4, -0.2) is 24.0 Å². The van der Waals surface area contributed by atoms with Crippen molar-refractivity contribution in [2.45, 2.75) is 79.2 Å². The topological polar surface area (TPSA) is 3.24 Å². The second-order valence-corrected chi connectivity index (χ2v) is 6.90. The molecule has 2 unspecified atom stereocenters. The van der Waals surface area contributed by atoms with Crippen LogP contribution in [0.25, 0.3) is 0 Å². The molecule has 0 amide bonds. The molecule has 1 aliphatic carbocycles. The molecule has 0 bridgehead atoms. The van der Waals surface area contributed by atoms with Crippen LogP contribution >= 0.6 is 0 Å². The summed E-state index contributed by atoms with van der Waals surface area (Å²) in [5.41, 5.74) is 0.556. The monoisotopic (exact) mass is 239 g/mol. The van der Waals surface area contributed by atoms with E-state index >= 15 is 0 Å². The minimum absolute atomic E-state index is 0.556. The summed E-state index contributed by atoms with van der Waals surface area (Å²) in [4.78, 5) is 2.74. The van der Waals surface area contributed by atoms with Crippen molar-refractivity contribution in [3.05, 3.63) is 0 Å². The first kappa shape index (κ1) is 15.0. The number of hydrogen-bond acceptors (Lipinski definition) is 1. The van der Waals surface area contributed by atoms with Gasteiger partial charge in [0.2, 0.25) is 0 Å². The Labute approximate surface area is 109 Å². The minimum atomic E-state index is 0.556. The van der Waals surface area contributed by atoms with Crippen molar-refractivity contribution in [1.82, 2.24) is 4.90 Å². The molecular weight excluding hydrogens is 206 g/mol. The average Bonchev–Trinajstić information content (AvgIpc) is 2.21. The van der Waals surface area contributed by atoms with E-state index in [1.165, 1.54) is 51.6 Å². The van der Waals surface area contributed by atoms with Crippen molar-refractivity contribution in [3.8, 4) is 0 Å². The van der Waals surface area contributed by atoms with E-state index in [0.29, 0.717) is 5.41 Å². The van der Waals surface area contributed by atoms with Crippen molar-refractivity contribution >= 4 is 0 Å². The molecule has 0 aliphatic heterocycles. The highest BCUT2D eigenvalue weighted by Crippen LogP contribution is 2.40. The summed E-state index contributed by atoms with van der Waals surface area (Å²) in [6, 6.07) is 0.843. The third-order valence-electron chi connectivity index (χ3n) is 4.34. The van der Waals surface area contributed by atoms with Crippen molar-refractivity contribution in [2.24, 2.45) is 11.3 Å². The molecule has 1 saturated carbocycles. The van der Waals surface area contributed by atoms with Gasteiger partial charge in [0.15, 0.2) is 0 Å². The first-order valence-electron chi connectivity index (χ1n) is 7.72. The first-order chi connectivity index (χ1) is 7.98. The van der Waals surface area contributed by atoms with Gasteiger partial charge in [-0.2, -0.15) is 0 Å². The molecule has 1 aliphatic rings. The van der Waals surface area contributed by atoms with Gasteiger partial charge in [0.25, 0.3) is 0 Å². The molecule has 1 nitrogen and oxygen atoms in total. The second-order valence-electron chi connectivity index (χ2n) is 6.90. The van der Waals surface area contributed by atoms with Crippen LogP contribution < -0.4 is 0 Å². The molecule has 17 heavy (non-hydrogen) atoms. The Kier molecular flexibility index (Phi) is 5.99. The van der Waals surface area contributed by atoms with E-state index in [1.807, 2.05) is 0 Å². The van der Waals surface area contributed by atoms with Gasteiger partial charge in [-0.05, 0) is 50.1 Å². The number of nitrogens with zero attached hydrogens (tertiary/aromatic N) is 1. The maximum atomic E-state index is 2.74. The van der Waals surface area contributed by atoms with E-state index in [0.717, 1.165) is 12.0 Å². The molecule has 2 atom stereocenters. The van der Waals surface area contributed by atoms with Gasteiger partial charge < -0.3 is 4.90 Å². The normalized spacial score (nSPS) is 28.6. The van der Waals surface area contributed by atoms with Crippen molar-refractivity contribution in [3.63, 3.8) is 0 Å². The SMILES string of the molecule is CCCCCN(CC)C1CC(C)CC(C)(C)C1. The summed E-state index contributed by atoms with van der Waals surface area (Å²) in [6.45, 7) is 14.5. The molecule has 0 N–H and O–H groups in total. The van der Waals surface area contributed by atoms with Gasteiger partial charge in [-0.1, -0.05) is 47.5 Å². The van der Waals surface area contributed by atoms with Crippen molar-refractivity contribution in [1.29, 1.82) is 0 Å². The van der Waals surface area contributed by atoms with Crippen molar-refractivity contribution in [2.75, 3.05) is 13.1 Å². The Morgan fingerprint density at radius 3 is 2.35 bits per heavy atom. The fourth-order valence-electron chi connectivity index (χ4n) is 3.74. The van der Waals surface area contributed by atoms with Gasteiger partial charge in [-0.3, -0.25) is 0 Å². The third kappa shape index (κ3) is 4.99. The maximum absolute atomic E-state index is 2.74. The molecule has 0 heterocycles. The fourth-order valence-corrected chi connectivity index (χ4v) is 3.74. The Morgan fingerprint density at radius 1 is 1.12 bits per heavy atom. The number of unbranched alkanes of at least 4 members (excludes halogenated alkanes) is 2. The van der Waals surface area contributed by atoms with E-state index in [2.05, 4.69) is 39.5 Å². The summed E-state index contributed by atoms with van der Waals surface area (Å²) in [6.07, 6.45) is 8.35. The highest BCUT2D eigenvalue weighted by molar-refractivity contribution is 4.87. The fraction of sp³-hybridized carbons (Fsp3) is 1.00. The van der Waals surface area contributed by atoms with Crippen LogP contribution in [0.5, 0.6) is 0 Å². The number of rotatable bonds is 6. The third-order valence-corrected chi connectivity index (χ3v) is 4.34. The molecular formula is C16H33N. The quantitative estimate of drug-likeness (QED) is 0.607. The summed E-state index contributed by atoms with van der Waals surface area (Å²) < 4.78 is 0. The first-order valence-corrected chi connectivity index (χ1v) is 7.72. The predicted octanol–water partition coefficient (Wildman–Crippen LogP) is 4.71. The molecule has 0 saturated heterocycles. The standard InChI is InChI=1S/C16H33N/c1-6-8-9-10-17(7-2)15-11-14(3)12-16(4,5)13-15/h14-15H,6-13H2,1-5H3. The van der Waals surface area contributed by atoms with Crippen LogP contribution in [0, 0.1) is 11.3 Å². The van der Waals surface area contributed by atoms with Gasteiger partial charge >= 0.3 is 0 Å². The van der Waals surface area contributed by atoms with Crippen molar-refractivity contribution < 1.29 is 0 Å². The summed E-state index contributed by atoms with van der Waals surface area (Å²) in [7, 11) is 0. The van der Waals surface area contributed by atoms with Crippen LogP contribution in [0.2, 0.25) is 0 Å². The molecule has 0 radical (unpaired) electrons. The molecule has 1 rings (SSSR count). The number of hydrogen-bond donors (Lipinski definition) is 0. The highest BCUT2D eigenvalue weighted by Gasteiger charge is 2.34. The van der Waals surface area contributed by atoms with E-state index in [1.54, 1.807) is 0 Å². The molecule has 0 spiro atoms. The van der Waals surface area contributed by atoms with Crippen LogP contribution in [0.1, 0.15) is 73.1 Å². The largest absolute Gasteiger partial charge is 0.301 e. The smallest absolute Gasteiger partial charge is 0.0103 e. The second kappa shape index (κ2) is 6.78. The molecule has 102 valence electrons. The Balaban J connectivity index is 2.49. The van der Waals surface area contributed by atoms with Gasteiger partial charge in [-0.25, -0.2) is 0 Å². The molecule has 1 fully saturated rings. The molecule has 0 aromatic heterocycles. The van der Waals surface area contributed by atoms with Crippen LogP contribution in [-0.2, 0) is 0 Å². The lowest BCUT2D eigenvalue weighted by molar-refractivity contribution is 0.0690.